The van der Waals surface area contributed by atoms with Crippen LogP contribution in [-0.2, 0) is 13.1 Å². The first-order valence-corrected chi connectivity index (χ1v) is 9.85. The topological polar surface area (TPSA) is 57.5 Å². The number of hydrogen-bond donors (Lipinski definition) is 1. The van der Waals surface area contributed by atoms with E-state index >= 15 is 0 Å². The number of hydrogen-bond acceptors (Lipinski definition) is 5. The monoisotopic (exact) mass is 421 g/mol. The van der Waals surface area contributed by atoms with Gasteiger partial charge in [-0.3, -0.25) is 0 Å². The summed E-state index contributed by atoms with van der Waals surface area (Å²) in [5.74, 6) is 2.22. The molecular formula is C24H24FN3O3. The van der Waals surface area contributed by atoms with Crippen molar-refractivity contribution in [3.63, 3.8) is 0 Å². The predicted molar refractivity (Wildman–Crippen MR) is 119 cm³/mol. The molecule has 0 saturated heterocycles. The van der Waals surface area contributed by atoms with E-state index in [-0.39, 0.29) is 5.82 Å². The Bertz CT molecular complexity index is 1160. The highest BCUT2D eigenvalue weighted by molar-refractivity contribution is 5.78. The number of fused-ring (bicyclic) bond motifs is 1. The molecule has 6 nitrogen and oxygen atoms in total. The molecule has 0 saturated carbocycles. The second-order valence-electron chi connectivity index (χ2n) is 7.02. The Morgan fingerprint density at radius 1 is 0.871 bits per heavy atom. The number of benzene rings is 3. The highest BCUT2D eigenvalue weighted by atomic mass is 19.1. The van der Waals surface area contributed by atoms with Gasteiger partial charge in [0.15, 0.2) is 11.5 Å². The van der Waals surface area contributed by atoms with Crippen molar-refractivity contribution in [3.05, 3.63) is 77.6 Å². The molecule has 4 rings (SSSR count). The number of nitrogens with zero attached hydrogens (tertiary/aromatic N) is 2. The van der Waals surface area contributed by atoms with Gasteiger partial charge in [-0.25, -0.2) is 9.37 Å². The van der Waals surface area contributed by atoms with Crippen LogP contribution in [-0.4, -0.2) is 30.9 Å². The van der Waals surface area contributed by atoms with Crippen molar-refractivity contribution >= 4 is 17.0 Å². The van der Waals surface area contributed by atoms with E-state index in [9.17, 15) is 4.39 Å². The second-order valence-corrected chi connectivity index (χ2v) is 7.02. The Labute approximate surface area is 180 Å². The lowest BCUT2D eigenvalue weighted by molar-refractivity contribution is 0.324. The SMILES string of the molecule is COc1cc(CNc2nc3ccccc3n2Cc2ccc(F)cc2)cc(OC)c1OC. The quantitative estimate of drug-likeness (QED) is 0.440. The molecule has 0 fully saturated rings. The summed E-state index contributed by atoms with van der Waals surface area (Å²) in [5, 5.41) is 3.42. The van der Waals surface area contributed by atoms with E-state index < -0.39 is 0 Å². The fourth-order valence-corrected chi connectivity index (χ4v) is 3.56. The fraction of sp³-hybridized carbons (Fsp3) is 0.208. The van der Waals surface area contributed by atoms with Crippen LogP contribution in [0.4, 0.5) is 10.3 Å². The zero-order chi connectivity index (χ0) is 21.8. The van der Waals surface area contributed by atoms with Crippen LogP contribution < -0.4 is 19.5 Å². The summed E-state index contributed by atoms with van der Waals surface area (Å²) in [6.07, 6.45) is 0. The summed E-state index contributed by atoms with van der Waals surface area (Å²) in [6, 6.07) is 18.3. The standard InChI is InChI=1S/C24H24FN3O3/c1-29-21-12-17(13-22(30-2)23(21)31-3)14-26-24-27-19-6-4-5-7-20(19)28(24)15-16-8-10-18(25)11-9-16/h4-13H,14-15H2,1-3H3,(H,26,27). The van der Waals surface area contributed by atoms with Crippen LogP contribution in [0.5, 0.6) is 17.2 Å². The molecule has 1 heterocycles. The zero-order valence-electron chi connectivity index (χ0n) is 17.7. The number of rotatable bonds is 8. The van der Waals surface area contributed by atoms with Crippen LogP contribution in [0, 0.1) is 5.82 Å². The number of aromatic nitrogens is 2. The summed E-state index contributed by atoms with van der Waals surface area (Å²) >= 11 is 0. The van der Waals surface area contributed by atoms with Crippen molar-refractivity contribution in [1.82, 2.24) is 9.55 Å². The summed E-state index contributed by atoms with van der Waals surface area (Å²) in [6.45, 7) is 1.07. The lowest BCUT2D eigenvalue weighted by Gasteiger charge is -2.15. The Kier molecular flexibility index (Phi) is 5.93. The Morgan fingerprint density at radius 3 is 2.19 bits per heavy atom. The molecule has 3 aromatic carbocycles. The molecule has 0 spiro atoms. The lowest BCUT2D eigenvalue weighted by atomic mass is 10.2. The van der Waals surface area contributed by atoms with E-state index in [1.165, 1.54) is 12.1 Å². The summed E-state index contributed by atoms with van der Waals surface area (Å²) in [5.41, 5.74) is 3.83. The van der Waals surface area contributed by atoms with Gasteiger partial charge in [0.2, 0.25) is 11.7 Å². The van der Waals surface area contributed by atoms with Crippen molar-refractivity contribution < 1.29 is 18.6 Å². The summed E-state index contributed by atoms with van der Waals surface area (Å²) in [7, 11) is 4.77. The van der Waals surface area contributed by atoms with Gasteiger partial charge < -0.3 is 24.1 Å². The van der Waals surface area contributed by atoms with Crippen molar-refractivity contribution in [3.8, 4) is 17.2 Å². The minimum atomic E-state index is -0.250. The third-order valence-electron chi connectivity index (χ3n) is 5.08. The molecule has 1 N–H and O–H groups in total. The van der Waals surface area contributed by atoms with Gasteiger partial charge in [-0.05, 0) is 47.5 Å². The highest BCUT2D eigenvalue weighted by Gasteiger charge is 2.15. The predicted octanol–water partition coefficient (Wildman–Crippen LogP) is 4.86. The molecule has 7 heteroatoms. The third kappa shape index (κ3) is 4.26. The molecule has 0 atom stereocenters. The van der Waals surface area contributed by atoms with Crippen LogP contribution in [0.25, 0.3) is 11.0 Å². The molecule has 0 aliphatic heterocycles. The first-order valence-electron chi connectivity index (χ1n) is 9.85. The molecule has 0 aliphatic rings. The van der Waals surface area contributed by atoms with E-state index in [1.54, 1.807) is 33.5 Å². The minimum absolute atomic E-state index is 0.250. The molecule has 0 unspecified atom stereocenters. The maximum Gasteiger partial charge on any atom is 0.204 e. The average Bonchev–Trinajstić information content (AvgIpc) is 3.15. The van der Waals surface area contributed by atoms with Gasteiger partial charge in [-0.15, -0.1) is 0 Å². The first kappa shape index (κ1) is 20.5. The van der Waals surface area contributed by atoms with Gasteiger partial charge in [0.25, 0.3) is 0 Å². The van der Waals surface area contributed by atoms with Crippen LogP contribution in [0.3, 0.4) is 0 Å². The molecule has 31 heavy (non-hydrogen) atoms. The Morgan fingerprint density at radius 2 is 1.55 bits per heavy atom. The van der Waals surface area contributed by atoms with Gasteiger partial charge in [-0.1, -0.05) is 24.3 Å². The van der Waals surface area contributed by atoms with Crippen molar-refractivity contribution in [2.45, 2.75) is 13.1 Å². The number of imidazole rings is 1. The van der Waals surface area contributed by atoms with Gasteiger partial charge in [0, 0.05) is 6.54 Å². The number of methoxy groups -OCH3 is 3. The molecule has 4 aromatic rings. The van der Waals surface area contributed by atoms with E-state index in [2.05, 4.69) is 9.88 Å². The van der Waals surface area contributed by atoms with E-state index in [0.29, 0.717) is 30.3 Å². The molecule has 0 amide bonds. The number of anilines is 1. The fourth-order valence-electron chi connectivity index (χ4n) is 3.56. The van der Waals surface area contributed by atoms with E-state index in [4.69, 9.17) is 19.2 Å². The largest absolute Gasteiger partial charge is 0.493 e. The zero-order valence-corrected chi connectivity index (χ0v) is 17.7. The molecule has 160 valence electrons. The van der Waals surface area contributed by atoms with Crippen molar-refractivity contribution in [2.24, 2.45) is 0 Å². The first-order chi connectivity index (χ1) is 15.1. The van der Waals surface area contributed by atoms with Gasteiger partial charge in [-0.2, -0.15) is 0 Å². The van der Waals surface area contributed by atoms with E-state index in [1.807, 2.05) is 36.4 Å². The minimum Gasteiger partial charge on any atom is -0.493 e. The van der Waals surface area contributed by atoms with Crippen molar-refractivity contribution in [1.29, 1.82) is 0 Å². The number of ether oxygens (including phenoxy) is 3. The van der Waals surface area contributed by atoms with Crippen LogP contribution in [0.2, 0.25) is 0 Å². The highest BCUT2D eigenvalue weighted by Crippen LogP contribution is 2.38. The smallest absolute Gasteiger partial charge is 0.204 e. The molecular weight excluding hydrogens is 397 g/mol. The van der Waals surface area contributed by atoms with Crippen molar-refractivity contribution in [2.75, 3.05) is 26.6 Å². The van der Waals surface area contributed by atoms with Crippen LogP contribution in [0.15, 0.2) is 60.7 Å². The molecule has 1 aromatic heterocycles. The number of halogens is 1. The number of para-hydroxylation sites is 2. The number of nitrogens with one attached hydrogen (secondary N) is 1. The molecule has 0 bridgehead atoms. The maximum atomic E-state index is 13.3. The lowest BCUT2D eigenvalue weighted by Crippen LogP contribution is -2.09. The Balaban J connectivity index is 1.65. The van der Waals surface area contributed by atoms with Crippen LogP contribution in [0.1, 0.15) is 11.1 Å². The van der Waals surface area contributed by atoms with Crippen LogP contribution >= 0.6 is 0 Å². The molecule has 0 radical (unpaired) electrons. The molecule has 0 aliphatic carbocycles. The summed E-state index contributed by atoms with van der Waals surface area (Å²) < 4.78 is 31.7. The Hall–Kier alpha value is -3.74. The van der Waals surface area contributed by atoms with Gasteiger partial charge >= 0.3 is 0 Å². The normalized spacial score (nSPS) is 10.8. The average molecular weight is 421 g/mol. The van der Waals surface area contributed by atoms with Gasteiger partial charge in [0.1, 0.15) is 5.82 Å². The van der Waals surface area contributed by atoms with Gasteiger partial charge in [0.05, 0.1) is 38.9 Å². The third-order valence-corrected chi connectivity index (χ3v) is 5.08. The second kappa shape index (κ2) is 8.95. The maximum absolute atomic E-state index is 13.3. The summed E-state index contributed by atoms with van der Waals surface area (Å²) in [4.78, 5) is 4.75. The van der Waals surface area contributed by atoms with E-state index in [0.717, 1.165) is 28.1 Å².